The number of para-hydroxylation sites is 1. The van der Waals surface area contributed by atoms with Crippen molar-refractivity contribution in [3.05, 3.63) is 53.6 Å². The first-order valence-corrected chi connectivity index (χ1v) is 12.8. The van der Waals surface area contributed by atoms with Crippen molar-refractivity contribution in [1.29, 1.82) is 0 Å². The van der Waals surface area contributed by atoms with Gasteiger partial charge < -0.3 is 35.6 Å². The Hall–Kier alpha value is -4.28. The summed E-state index contributed by atoms with van der Waals surface area (Å²) in [5.41, 5.74) is 3.07. The van der Waals surface area contributed by atoms with E-state index in [1.165, 1.54) is 18.9 Å². The predicted molar refractivity (Wildman–Crippen MR) is 150 cm³/mol. The second-order valence-electron chi connectivity index (χ2n) is 9.44. The van der Waals surface area contributed by atoms with Gasteiger partial charge in [0.2, 0.25) is 5.91 Å². The number of aryl methyl sites for hydroxylation is 2. The molecule has 2 rings (SSSR count). The number of nitrogens with zero attached hydrogens (tertiary/aromatic N) is 2. The predicted octanol–water partition coefficient (Wildman–Crippen LogP) is 3.79. The van der Waals surface area contributed by atoms with E-state index in [0.29, 0.717) is 49.5 Å². The topological polar surface area (TPSA) is 140 Å². The van der Waals surface area contributed by atoms with Crippen molar-refractivity contribution in [3.63, 3.8) is 0 Å². The zero-order valence-electron chi connectivity index (χ0n) is 23.2. The minimum Gasteiger partial charge on any atom is -0.495 e. The Morgan fingerprint density at radius 3 is 2.31 bits per heavy atom. The van der Waals surface area contributed by atoms with Crippen LogP contribution in [0.4, 0.5) is 21.0 Å². The molecule has 0 saturated carbocycles. The number of rotatable bonds is 13. The van der Waals surface area contributed by atoms with E-state index in [2.05, 4.69) is 16.0 Å². The third kappa shape index (κ3) is 10.2. The van der Waals surface area contributed by atoms with E-state index in [-0.39, 0.29) is 24.5 Å². The first kappa shape index (κ1) is 30.9. The number of carbonyl (C=O) groups is 4. The van der Waals surface area contributed by atoms with Crippen molar-refractivity contribution < 1.29 is 29.0 Å². The van der Waals surface area contributed by atoms with Crippen molar-refractivity contribution in [2.45, 2.75) is 33.1 Å². The highest BCUT2D eigenvalue weighted by molar-refractivity contribution is 6.01. The van der Waals surface area contributed by atoms with E-state index in [0.717, 1.165) is 11.1 Å². The molecule has 0 aliphatic rings. The second kappa shape index (κ2) is 15.2. The summed E-state index contributed by atoms with van der Waals surface area (Å²) >= 11 is 0. The Morgan fingerprint density at radius 1 is 0.974 bits per heavy atom. The molecule has 0 radical (unpaired) electrons. The number of carboxylic acid groups (broad SMARTS) is 1. The molecule has 212 valence electrons. The van der Waals surface area contributed by atoms with Crippen LogP contribution in [-0.4, -0.2) is 79.7 Å². The molecule has 0 heterocycles. The molecule has 0 aliphatic carbocycles. The summed E-state index contributed by atoms with van der Waals surface area (Å²) in [7, 11) is 4.87. The van der Waals surface area contributed by atoms with Crippen LogP contribution >= 0.6 is 0 Å². The summed E-state index contributed by atoms with van der Waals surface area (Å²) in [6, 6.07) is 12.1. The van der Waals surface area contributed by atoms with Gasteiger partial charge in [-0.2, -0.15) is 0 Å². The molecule has 1 atom stereocenters. The van der Waals surface area contributed by atoms with Crippen LogP contribution in [0.15, 0.2) is 42.5 Å². The number of methoxy groups -OCH3 is 1. The Kier molecular flexibility index (Phi) is 12.1. The number of benzene rings is 2. The maximum atomic E-state index is 12.6. The lowest BCUT2D eigenvalue weighted by Crippen LogP contribution is -2.41. The van der Waals surface area contributed by atoms with Crippen molar-refractivity contribution in [2.75, 3.05) is 51.5 Å². The fourth-order valence-corrected chi connectivity index (χ4v) is 3.66. The van der Waals surface area contributed by atoms with Crippen LogP contribution in [0.3, 0.4) is 0 Å². The maximum Gasteiger partial charge on any atom is 0.323 e. The molecular weight excluding hydrogens is 502 g/mol. The molecule has 0 fully saturated rings. The van der Waals surface area contributed by atoms with Gasteiger partial charge in [-0.3, -0.25) is 9.59 Å². The summed E-state index contributed by atoms with van der Waals surface area (Å²) < 4.78 is 5.45. The number of carboxylic acids is 1. The number of hydrogen-bond acceptors (Lipinski definition) is 5. The minimum absolute atomic E-state index is 0.0313. The van der Waals surface area contributed by atoms with Gasteiger partial charge in [0.25, 0.3) is 0 Å². The highest BCUT2D eigenvalue weighted by atomic mass is 16.5. The number of amides is 5. The number of anilines is 2. The van der Waals surface area contributed by atoms with Crippen molar-refractivity contribution >= 4 is 35.3 Å². The van der Waals surface area contributed by atoms with Gasteiger partial charge in [-0.1, -0.05) is 31.2 Å². The molecule has 0 bridgehead atoms. The van der Waals surface area contributed by atoms with E-state index in [1.807, 2.05) is 37.3 Å². The number of carbonyl (C=O) groups excluding carboxylic acids is 3. The minimum atomic E-state index is -0.967. The molecular formula is C28H39N5O6. The first-order chi connectivity index (χ1) is 18.5. The zero-order chi connectivity index (χ0) is 28.9. The second-order valence-corrected chi connectivity index (χ2v) is 9.44. The smallest absolute Gasteiger partial charge is 0.323 e. The lowest BCUT2D eigenvalue weighted by atomic mass is 10.1. The van der Waals surface area contributed by atoms with E-state index >= 15 is 0 Å². The molecule has 11 nitrogen and oxygen atoms in total. The lowest BCUT2D eigenvalue weighted by Gasteiger charge is -2.21. The van der Waals surface area contributed by atoms with Gasteiger partial charge in [0, 0.05) is 45.8 Å². The number of urea groups is 2. The van der Waals surface area contributed by atoms with Crippen LogP contribution in [-0.2, 0) is 16.0 Å². The van der Waals surface area contributed by atoms with Crippen molar-refractivity contribution in [2.24, 2.45) is 5.92 Å². The molecule has 5 amide bonds. The Balaban J connectivity index is 1.79. The van der Waals surface area contributed by atoms with Crippen LogP contribution in [0.25, 0.3) is 0 Å². The van der Waals surface area contributed by atoms with E-state index < -0.39 is 11.9 Å². The number of aliphatic carboxylic acids is 1. The van der Waals surface area contributed by atoms with E-state index in [1.54, 1.807) is 31.1 Å². The van der Waals surface area contributed by atoms with Crippen molar-refractivity contribution in [1.82, 2.24) is 15.1 Å². The number of ether oxygens (including phenoxy) is 1. The highest BCUT2D eigenvalue weighted by Crippen LogP contribution is 2.26. The van der Waals surface area contributed by atoms with Gasteiger partial charge in [0.1, 0.15) is 5.75 Å². The highest BCUT2D eigenvalue weighted by Gasteiger charge is 2.16. The molecule has 0 saturated heterocycles. The van der Waals surface area contributed by atoms with Crippen LogP contribution in [0.2, 0.25) is 0 Å². The fourth-order valence-electron chi connectivity index (χ4n) is 3.66. The normalized spacial score (nSPS) is 11.2. The number of hydrogen-bond donors (Lipinski definition) is 4. The third-order valence-electron chi connectivity index (χ3n) is 6.28. The van der Waals surface area contributed by atoms with Crippen LogP contribution in [0.1, 0.15) is 30.9 Å². The summed E-state index contributed by atoms with van der Waals surface area (Å²) in [6.45, 7) is 4.39. The average Bonchev–Trinajstić information content (AvgIpc) is 2.91. The molecule has 4 N–H and O–H groups in total. The maximum absolute atomic E-state index is 12.6. The monoisotopic (exact) mass is 541 g/mol. The molecule has 2 aromatic carbocycles. The van der Waals surface area contributed by atoms with Crippen LogP contribution < -0.4 is 20.7 Å². The molecule has 2 aromatic rings. The summed E-state index contributed by atoms with van der Waals surface area (Å²) in [5, 5.41) is 17.1. The van der Waals surface area contributed by atoms with E-state index in [9.17, 15) is 19.2 Å². The molecule has 1 unspecified atom stereocenters. The molecule has 0 aromatic heterocycles. The SMILES string of the molecule is COc1cc(CCC(=O)N(C)CCCN(C)C(=O)NCC(C)C(=O)O)ccc1NC(=O)Nc1ccccc1C. The van der Waals surface area contributed by atoms with Gasteiger partial charge in [0.05, 0.1) is 18.7 Å². The van der Waals surface area contributed by atoms with Gasteiger partial charge in [-0.05, 0) is 49.1 Å². The number of nitrogens with one attached hydrogen (secondary N) is 3. The zero-order valence-corrected chi connectivity index (χ0v) is 23.2. The molecule has 11 heteroatoms. The standard InChI is InChI=1S/C28H39N5O6/c1-19-9-6-7-10-22(19)30-27(37)31-23-13-11-21(17-24(23)39-5)12-14-25(34)32(3)15-8-16-33(4)28(38)29-18-20(2)26(35)36/h6-7,9-11,13,17,20H,8,12,14-16,18H2,1-5H3,(H,29,38)(H,35,36)(H2,30,31,37). The quantitative estimate of drug-likeness (QED) is 0.304. The van der Waals surface area contributed by atoms with Crippen LogP contribution in [0, 0.1) is 12.8 Å². The largest absolute Gasteiger partial charge is 0.495 e. The summed E-state index contributed by atoms with van der Waals surface area (Å²) in [5.74, 6) is -1.17. The van der Waals surface area contributed by atoms with Gasteiger partial charge in [0.15, 0.2) is 0 Å². The van der Waals surface area contributed by atoms with Crippen LogP contribution in [0.5, 0.6) is 5.75 Å². The lowest BCUT2D eigenvalue weighted by molar-refractivity contribution is -0.140. The molecule has 0 aliphatic heterocycles. The summed E-state index contributed by atoms with van der Waals surface area (Å²) in [4.78, 5) is 51.1. The Morgan fingerprint density at radius 2 is 1.64 bits per heavy atom. The third-order valence-corrected chi connectivity index (χ3v) is 6.28. The Labute approximate surface area is 229 Å². The fraction of sp³-hybridized carbons (Fsp3) is 0.429. The molecule has 0 spiro atoms. The summed E-state index contributed by atoms with van der Waals surface area (Å²) in [6.07, 6.45) is 1.38. The van der Waals surface area contributed by atoms with E-state index in [4.69, 9.17) is 9.84 Å². The Bertz CT molecular complexity index is 1160. The van der Waals surface area contributed by atoms with Gasteiger partial charge >= 0.3 is 18.0 Å². The van der Waals surface area contributed by atoms with Gasteiger partial charge in [-0.15, -0.1) is 0 Å². The first-order valence-electron chi connectivity index (χ1n) is 12.8. The molecule has 39 heavy (non-hydrogen) atoms. The van der Waals surface area contributed by atoms with Gasteiger partial charge in [-0.25, -0.2) is 9.59 Å². The average molecular weight is 542 g/mol. The van der Waals surface area contributed by atoms with Crippen molar-refractivity contribution in [3.8, 4) is 5.75 Å².